The third-order valence-corrected chi connectivity index (χ3v) is 4.36. The molecule has 0 aliphatic heterocycles. The average molecular weight is 335 g/mol. The van der Waals surface area contributed by atoms with E-state index in [1.54, 1.807) is 4.57 Å². The molecule has 2 heterocycles. The summed E-state index contributed by atoms with van der Waals surface area (Å²) in [5, 5.41) is 13.0. The number of fused-ring (bicyclic) bond motifs is 1. The Morgan fingerprint density at radius 3 is 2.67 bits per heavy atom. The van der Waals surface area contributed by atoms with Gasteiger partial charge in [-0.2, -0.15) is 0 Å². The molecule has 118 valence electrons. The SMILES string of the molecule is O=c1cnc2ccccc2n1Cc1nnc(Nc2ccccc2)s1. The van der Waals surface area contributed by atoms with E-state index in [-0.39, 0.29) is 5.56 Å². The van der Waals surface area contributed by atoms with Gasteiger partial charge in [0.1, 0.15) is 5.01 Å². The van der Waals surface area contributed by atoms with Gasteiger partial charge in [0.25, 0.3) is 5.56 Å². The minimum absolute atomic E-state index is 0.151. The van der Waals surface area contributed by atoms with Crippen molar-refractivity contribution in [3.63, 3.8) is 0 Å². The third-order valence-electron chi connectivity index (χ3n) is 3.54. The van der Waals surface area contributed by atoms with Gasteiger partial charge in [0.2, 0.25) is 5.13 Å². The zero-order valence-electron chi connectivity index (χ0n) is 12.6. The van der Waals surface area contributed by atoms with E-state index >= 15 is 0 Å². The first-order chi connectivity index (χ1) is 11.8. The molecular formula is C17H13N5OS. The van der Waals surface area contributed by atoms with Gasteiger partial charge in [-0.15, -0.1) is 10.2 Å². The summed E-state index contributed by atoms with van der Waals surface area (Å²) in [6, 6.07) is 17.3. The van der Waals surface area contributed by atoms with Crippen molar-refractivity contribution in [3.8, 4) is 0 Å². The summed E-state index contributed by atoms with van der Waals surface area (Å²) < 4.78 is 1.66. The molecule has 6 nitrogen and oxygen atoms in total. The molecule has 0 radical (unpaired) electrons. The first-order valence-electron chi connectivity index (χ1n) is 7.39. The monoisotopic (exact) mass is 335 g/mol. The molecule has 0 aliphatic carbocycles. The van der Waals surface area contributed by atoms with Gasteiger partial charge in [-0.25, -0.2) is 4.98 Å². The second-order valence-electron chi connectivity index (χ2n) is 5.16. The Bertz CT molecular complexity index is 1040. The highest BCUT2D eigenvalue weighted by Gasteiger charge is 2.09. The van der Waals surface area contributed by atoms with E-state index < -0.39 is 0 Å². The molecule has 0 bridgehead atoms. The largest absolute Gasteiger partial charge is 0.330 e. The van der Waals surface area contributed by atoms with Gasteiger partial charge in [-0.3, -0.25) is 9.36 Å². The van der Waals surface area contributed by atoms with Crippen molar-refractivity contribution >= 4 is 33.2 Å². The molecule has 4 aromatic rings. The Kier molecular flexibility index (Phi) is 3.76. The second kappa shape index (κ2) is 6.21. The Hall–Kier alpha value is -3.06. The van der Waals surface area contributed by atoms with Crippen LogP contribution in [0.1, 0.15) is 5.01 Å². The van der Waals surface area contributed by atoms with E-state index in [4.69, 9.17) is 0 Å². The van der Waals surface area contributed by atoms with Crippen molar-refractivity contribution in [2.24, 2.45) is 0 Å². The summed E-state index contributed by atoms with van der Waals surface area (Å²) in [6.45, 7) is 0.371. The van der Waals surface area contributed by atoms with Crippen molar-refractivity contribution in [1.82, 2.24) is 19.7 Å². The van der Waals surface area contributed by atoms with Crippen LogP contribution in [0.5, 0.6) is 0 Å². The van der Waals surface area contributed by atoms with Crippen LogP contribution in [-0.2, 0) is 6.54 Å². The maximum atomic E-state index is 12.2. The van der Waals surface area contributed by atoms with Crippen LogP contribution in [0.25, 0.3) is 11.0 Å². The van der Waals surface area contributed by atoms with Crippen LogP contribution >= 0.6 is 11.3 Å². The standard InChI is InChI=1S/C17H13N5OS/c23-16-10-18-13-8-4-5-9-14(13)22(16)11-15-20-21-17(24-15)19-12-6-2-1-3-7-12/h1-10H,11H2,(H,19,21). The first kappa shape index (κ1) is 14.5. The molecule has 2 aromatic heterocycles. The van der Waals surface area contributed by atoms with E-state index in [1.165, 1.54) is 17.5 Å². The number of hydrogen-bond donors (Lipinski definition) is 1. The van der Waals surface area contributed by atoms with Crippen LogP contribution in [-0.4, -0.2) is 19.7 Å². The van der Waals surface area contributed by atoms with Gasteiger partial charge in [-0.1, -0.05) is 41.7 Å². The molecular weight excluding hydrogens is 322 g/mol. The number of rotatable bonds is 4. The minimum Gasteiger partial charge on any atom is -0.330 e. The molecule has 4 rings (SSSR count). The maximum Gasteiger partial charge on any atom is 0.269 e. The number of hydrogen-bond acceptors (Lipinski definition) is 6. The van der Waals surface area contributed by atoms with Crippen LogP contribution in [0.3, 0.4) is 0 Å². The van der Waals surface area contributed by atoms with E-state index in [1.807, 2.05) is 54.6 Å². The Labute approximate surface area is 141 Å². The van der Waals surface area contributed by atoms with Crippen LogP contribution in [0.4, 0.5) is 10.8 Å². The fourth-order valence-electron chi connectivity index (χ4n) is 2.43. The predicted molar refractivity (Wildman–Crippen MR) is 94.7 cm³/mol. The van der Waals surface area contributed by atoms with Crippen molar-refractivity contribution in [2.75, 3.05) is 5.32 Å². The van der Waals surface area contributed by atoms with Gasteiger partial charge >= 0.3 is 0 Å². The number of anilines is 2. The number of para-hydroxylation sites is 3. The molecule has 0 saturated heterocycles. The fraction of sp³-hybridized carbons (Fsp3) is 0.0588. The van der Waals surface area contributed by atoms with Gasteiger partial charge in [0, 0.05) is 5.69 Å². The van der Waals surface area contributed by atoms with Crippen molar-refractivity contribution in [1.29, 1.82) is 0 Å². The molecule has 2 aromatic carbocycles. The summed E-state index contributed by atoms with van der Waals surface area (Å²) in [7, 11) is 0. The highest BCUT2D eigenvalue weighted by atomic mass is 32.1. The number of nitrogens with one attached hydrogen (secondary N) is 1. The molecule has 0 saturated carbocycles. The lowest BCUT2D eigenvalue weighted by atomic mass is 10.3. The third kappa shape index (κ3) is 2.89. The second-order valence-corrected chi connectivity index (χ2v) is 6.23. The van der Waals surface area contributed by atoms with E-state index in [0.717, 1.165) is 21.7 Å². The van der Waals surface area contributed by atoms with Crippen LogP contribution < -0.4 is 10.9 Å². The topological polar surface area (TPSA) is 72.7 Å². The Morgan fingerprint density at radius 1 is 1.00 bits per heavy atom. The van der Waals surface area contributed by atoms with Crippen molar-refractivity contribution in [2.45, 2.75) is 6.54 Å². The summed E-state index contributed by atoms with van der Waals surface area (Å²) in [5.41, 5.74) is 2.37. The van der Waals surface area contributed by atoms with Crippen molar-refractivity contribution < 1.29 is 0 Å². The normalized spacial score (nSPS) is 10.8. The smallest absolute Gasteiger partial charge is 0.269 e. The molecule has 7 heteroatoms. The molecule has 24 heavy (non-hydrogen) atoms. The van der Waals surface area contributed by atoms with E-state index in [9.17, 15) is 4.79 Å². The van der Waals surface area contributed by atoms with E-state index in [0.29, 0.717) is 11.7 Å². The van der Waals surface area contributed by atoms with Crippen LogP contribution in [0, 0.1) is 0 Å². The van der Waals surface area contributed by atoms with Gasteiger partial charge < -0.3 is 5.32 Å². The number of benzene rings is 2. The average Bonchev–Trinajstić information content (AvgIpc) is 3.05. The van der Waals surface area contributed by atoms with Gasteiger partial charge in [0.15, 0.2) is 0 Å². The molecule has 0 atom stereocenters. The first-order valence-corrected chi connectivity index (χ1v) is 8.20. The fourth-order valence-corrected chi connectivity index (χ4v) is 3.18. The maximum absolute atomic E-state index is 12.2. The molecule has 0 fully saturated rings. The lowest BCUT2D eigenvalue weighted by Crippen LogP contribution is -2.20. The van der Waals surface area contributed by atoms with Crippen LogP contribution in [0.15, 0.2) is 65.6 Å². The molecule has 1 N–H and O–H groups in total. The number of aromatic nitrogens is 4. The minimum atomic E-state index is -0.151. The lowest BCUT2D eigenvalue weighted by molar-refractivity contribution is 0.769. The predicted octanol–water partition coefficient (Wildman–Crippen LogP) is 3.04. The molecule has 0 unspecified atom stereocenters. The zero-order valence-corrected chi connectivity index (χ0v) is 13.4. The number of nitrogens with zero attached hydrogens (tertiary/aromatic N) is 4. The van der Waals surface area contributed by atoms with Gasteiger partial charge in [-0.05, 0) is 24.3 Å². The summed E-state index contributed by atoms with van der Waals surface area (Å²) >= 11 is 1.43. The summed E-state index contributed by atoms with van der Waals surface area (Å²) in [5.74, 6) is 0. The molecule has 0 aliphatic rings. The summed E-state index contributed by atoms with van der Waals surface area (Å²) in [4.78, 5) is 16.3. The van der Waals surface area contributed by atoms with Crippen molar-refractivity contribution in [3.05, 3.63) is 76.2 Å². The lowest BCUT2D eigenvalue weighted by Gasteiger charge is -2.06. The Morgan fingerprint density at radius 2 is 1.79 bits per heavy atom. The van der Waals surface area contributed by atoms with Gasteiger partial charge in [0.05, 0.1) is 23.8 Å². The quantitative estimate of drug-likeness (QED) is 0.620. The zero-order chi connectivity index (χ0) is 16.4. The van der Waals surface area contributed by atoms with Crippen LogP contribution in [0.2, 0.25) is 0 Å². The summed E-state index contributed by atoms with van der Waals surface area (Å²) in [6.07, 6.45) is 1.34. The van der Waals surface area contributed by atoms with E-state index in [2.05, 4.69) is 20.5 Å². The Balaban J connectivity index is 1.63. The molecule has 0 spiro atoms. The molecule has 0 amide bonds. The highest BCUT2D eigenvalue weighted by Crippen LogP contribution is 2.21. The highest BCUT2D eigenvalue weighted by molar-refractivity contribution is 7.15.